The fourth-order valence-electron chi connectivity index (χ4n) is 5.63. The van der Waals surface area contributed by atoms with Crippen LogP contribution in [0.5, 0.6) is 0 Å². The quantitative estimate of drug-likeness (QED) is 0.456. The molecule has 3 aliphatic heterocycles. The van der Waals surface area contributed by atoms with E-state index in [0.717, 1.165) is 31.9 Å². The highest BCUT2D eigenvalue weighted by Gasteiger charge is 2.51. The Kier molecular flexibility index (Phi) is 9.21. The van der Waals surface area contributed by atoms with Crippen LogP contribution in [0.2, 0.25) is 0 Å². The number of piperazine rings is 1. The van der Waals surface area contributed by atoms with Gasteiger partial charge in [-0.2, -0.15) is 0 Å². The molecule has 1 aromatic rings. The van der Waals surface area contributed by atoms with Gasteiger partial charge in [0.05, 0.1) is 19.1 Å². The molecule has 0 saturated carbocycles. The van der Waals surface area contributed by atoms with E-state index in [1.807, 2.05) is 31.2 Å². The molecule has 3 aliphatic rings. The van der Waals surface area contributed by atoms with Crippen LogP contribution in [-0.4, -0.2) is 116 Å². The monoisotopic (exact) mass is 540 g/mol. The number of nitrogens with one attached hydrogen (secondary N) is 2. The van der Waals surface area contributed by atoms with E-state index >= 15 is 0 Å². The van der Waals surface area contributed by atoms with Crippen molar-refractivity contribution in [1.29, 1.82) is 0 Å². The number of Topliss-reactive ketones (excluding diaryl/α,β-unsaturated/α-hetero) is 1. The molecule has 0 aliphatic carbocycles. The molecule has 0 aromatic heterocycles. The first kappa shape index (κ1) is 28.5. The Morgan fingerprint density at radius 3 is 2.41 bits per heavy atom. The third-order valence-corrected chi connectivity index (χ3v) is 8.03. The lowest BCUT2D eigenvalue weighted by Gasteiger charge is -2.29. The summed E-state index contributed by atoms with van der Waals surface area (Å²) in [5.41, 5.74) is 1.72. The molecule has 2 N–H and O–H groups in total. The minimum absolute atomic E-state index is 0.0189. The SMILES string of the molecule is CC(=O)N(C)CC(=O)N1CC(=O)C2C1CCN2C(=O)CC(C)CCNC(=O)c1ccc(N2CCNCC2)cc1. The highest BCUT2D eigenvalue weighted by atomic mass is 16.2. The third-order valence-electron chi connectivity index (χ3n) is 8.03. The fraction of sp³-hybridized carbons (Fsp3) is 0.607. The molecule has 1 aromatic carbocycles. The number of benzene rings is 1. The summed E-state index contributed by atoms with van der Waals surface area (Å²) in [5, 5.41) is 6.27. The van der Waals surface area contributed by atoms with Gasteiger partial charge in [-0.3, -0.25) is 24.0 Å². The smallest absolute Gasteiger partial charge is 0.251 e. The number of hydrogen-bond donors (Lipinski definition) is 2. The van der Waals surface area contributed by atoms with E-state index in [1.165, 1.54) is 16.7 Å². The van der Waals surface area contributed by atoms with Crippen LogP contribution in [0.4, 0.5) is 5.69 Å². The molecule has 3 unspecified atom stereocenters. The number of nitrogens with zero attached hydrogens (tertiary/aromatic N) is 4. The average Bonchev–Trinajstić information content (AvgIpc) is 3.50. The van der Waals surface area contributed by atoms with Crippen LogP contribution in [0.3, 0.4) is 0 Å². The van der Waals surface area contributed by atoms with Crippen molar-refractivity contribution in [3.05, 3.63) is 29.8 Å². The van der Waals surface area contributed by atoms with Crippen LogP contribution in [0.1, 0.15) is 43.5 Å². The van der Waals surface area contributed by atoms with Crippen LogP contribution in [0.25, 0.3) is 0 Å². The van der Waals surface area contributed by atoms with Gasteiger partial charge in [-0.05, 0) is 43.0 Å². The zero-order valence-electron chi connectivity index (χ0n) is 23.1. The van der Waals surface area contributed by atoms with E-state index in [0.29, 0.717) is 31.5 Å². The molecule has 4 amide bonds. The minimum Gasteiger partial charge on any atom is -0.369 e. The standard InChI is InChI=1S/C28H40N6O5/c1-19(8-10-30-28(39)21-4-6-22(7-5-21)32-14-11-29-12-15-32)16-25(37)33-13-9-23-27(33)24(36)17-34(23)26(38)18-31(3)20(2)35/h4-7,19,23,27,29H,8-18H2,1-3H3,(H,30,39). The first-order valence-corrected chi connectivity index (χ1v) is 13.8. The molecule has 3 saturated heterocycles. The number of likely N-dealkylation sites (tertiary alicyclic amines) is 2. The molecule has 4 rings (SSSR count). The Morgan fingerprint density at radius 1 is 1.05 bits per heavy atom. The van der Waals surface area contributed by atoms with Gasteiger partial charge in [-0.1, -0.05) is 6.92 Å². The van der Waals surface area contributed by atoms with Gasteiger partial charge < -0.3 is 30.2 Å². The van der Waals surface area contributed by atoms with Crippen molar-refractivity contribution in [2.75, 3.05) is 64.3 Å². The number of hydrogen-bond acceptors (Lipinski definition) is 7. The number of fused-ring (bicyclic) bond motifs is 1. The van der Waals surface area contributed by atoms with Crippen molar-refractivity contribution >= 4 is 35.1 Å². The van der Waals surface area contributed by atoms with Gasteiger partial charge in [-0.25, -0.2) is 0 Å². The lowest BCUT2D eigenvalue weighted by atomic mass is 10.0. The van der Waals surface area contributed by atoms with Crippen molar-refractivity contribution in [2.45, 2.75) is 45.2 Å². The molecular weight excluding hydrogens is 500 g/mol. The lowest BCUT2D eigenvalue weighted by molar-refractivity contribution is -0.139. The first-order chi connectivity index (χ1) is 18.7. The molecule has 3 fully saturated rings. The molecule has 3 atom stereocenters. The Bertz CT molecular complexity index is 1090. The second-order valence-corrected chi connectivity index (χ2v) is 10.9. The first-order valence-electron chi connectivity index (χ1n) is 13.8. The highest BCUT2D eigenvalue weighted by molar-refractivity contribution is 5.98. The summed E-state index contributed by atoms with van der Waals surface area (Å²) in [6, 6.07) is 6.70. The Morgan fingerprint density at radius 2 is 1.74 bits per heavy atom. The molecular formula is C28H40N6O5. The van der Waals surface area contributed by atoms with E-state index < -0.39 is 6.04 Å². The summed E-state index contributed by atoms with van der Waals surface area (Å²) in [5.74, 6) is -0.848. The summed E-state index contributed by atoms with van der Waals surface area (Å²) in [6.45, 7) is 7.93. The van der Waals surface area contributed by atoms with Gasteiger partial charge in [0.1, 0.15) is 6.04 Å². The molecule has 0 spiro atoms. The second-order valence-electron chi connectivity index (χ2n) is 10.9. The highest BCUT2D eigenvalue weighted by Crippen LogP contribution is 2.31. The van der Waals surface area contributed by atoms with Crippen LogP contribution >= 0.6 is 0 Å². The number of carbonyl (C=O) groups excluding carboxylic acids is 5. The van der Waals surface area contributed by atoms with Gasteiger partial charge in [0.25, 0.3) is 5.91 Å². The maximum atomic E-state index is 13.1. The second kappa shape index (κ2) is 12.6. The zero-order chi connectivity index (χ0) is 28.1. The molecule has 0 radical (unpaired) electrons. The largest absolute Gasteiger partial charge is 0.369 e. The Hall–Kier alpha value is -3.47. The summed E-state index contributed by atoms with van der Waals surface area (Å²) < 4.78 is 0. The van der Waals surface area contributed by atoms with Gasteiger partial charge in [0.15, 0.2) is 5.78 Å². The van der Waals surface area contributed by atoms with E-state index in [1.54, 1.807) is 11.9 Å². The molecule has 11 nitrogen and oxygen atoms in total. The maximum absolute atomic E-state index is 13.1. The number of carbonyl (C=O) groups is 5. The predicted octanol–water partition coefficient (Wildman–Crippen LogP) is 0.101. The lowest BCUT2D eigenvalue weighted by Crippen LogP contribution is -2.45. The van der Waals surface area contributed by atoms with E-state index in [9.17, 15) is 24.0 Å². The minimum atomic E-state index is -0.611. The molecule has 11 heteroatoms. The normalized spacial score (nSPS) is 21.5. The maximum Gasteiger partial charge on any atom is 0.251 e. The van der Waals surface area contributed by atoms with Crippen LogP contribution in [0, 0.1) is 5.92 Å². The fourth-order valence-corrected chi connectivity index (χ4v) is 5.63. The van der Waals surface area contributed by atoms with Crippen molar-refractivity contribution in [3.63, 3.8) is 0 Å². The number of likely N-dealkylation sites (N-methyl/N-ethyl adjacent to an activating group) is 1. The number of amides is 4. The van der Waals surface area contributed by atoms with Crippen molar-refractivity contribution in [2.24, 2.45) is 5.92 Å². The Balaban J connectivity index is 1.21. The molecule has 0 bridgehead atoms. The van der Waals surface area contributed by atoms with Crippen molar-refractivity contribution < 1.29 is 24.0 Å². The van der Waals surface area contributed by atoms with Crippen LogP contribution < -0.4 is 15.5 Å². The predicted molar refractivity (Wildman–Crippen MR) is 146 cm³/mol. The number of rotatable bonds is 9. The molecule has 39 heavy (non-hydrogen) atoms. The Labute approximate surface area is 229 Å². The molecule has 212 valence electrons. The van der Waals surface area contributed by atoms with Crippen LogP contribution in [-0.2, 0) is 19.2 Å². The van der Waals surface area contributed by atoms with Crippen molar-refractivity contribution in [1.82, 2.24) is 25.3 Å². The third kappa shape index (κ3) is 6.76. The van der Waals surface area contributed by atoms with Gasteiger partial charge in [0, 0.05) is 70.9 Å². The molecule has 3 heterocycles. The summed E-state index contributed by atoms with van der Waals surface area (Å²) in [6.07, 6.45) is 1.45. The van der Waals surface area contributed by atoms with Gasteiger partial charge in [0.2, 0.25) is 17.7 Å². The van der Waals surface area contributed by atoms with Crippen LogP contribution in [0.15, 0.2) is 24.3 Å². The van der Waals surface area contributed by atoms with Gasteiger partial charge in [-0.15, -0.1) is 0 Å². The number of ketones is 1. The van der Waals surface area contributed by atoms with E-state index in [2.05, 4.69) is 15.5 Å². The zero-order valence-corrected chi connectivity index (χ0v) is 23.1. The van der Waals surface area contributed by atoms with E-state index in [4.69, 9.17) is 0 Å². The average molecular weight is 541 g/mol. The van der Waals surface area contributed by atoms with E-state index in [-0.39, 0.29) is 60.9 Å². The van der Waals surface area contributed by atoms with Gasteiger partial charge >= 0.3 is 0 Å². The van der Waals surface area contributed by atoms with Crippen molar-refractivity contribution in [3.8, 4) is 0 Å². The number of anilines is 1. The summed E-state index contributed by atoms with van der Waals surface area (Å²) >= 11 is 0. The topological polar surface area (TPSA) is 122 Å². The summed E-state index contributed by atoms with van der Waals surface area (Å²) in [4.78, 5) is 69.4. The summed E-state index contributed by atoms with van der Waals surface area (Å²) in [7, 11) is 1.55.